The molecule has 1 heteroatoms. The van der Waals surface area contributed by atoms with Crippen LogP contribution in [0.15, 0.2) is 0 Å². The van der Waals surface area contributed by atoms with Crippen LogP contribution in [0.2, 0.25) is 0 Å². The first kappa shape index (κ1) is 9.09. The molecule has 2 fully saturated rings. The second-order valence-electron chi connectivity index (χ2n) is 4.52. The molecule has 2 N–H and O–H groups in total. The quantitative estimate of drug-likeness (QED) is 0.611. The predicted molar refractivity (Wildman–Crippen MR) is 55.1 cm³/mol. The molecule has 0 amide bonds. The molecule has 2 rings (SSSR count). The third-order valence-corrected chi connectivity index (χ3v) is 3.19. The SMILES string of the molecule is NC1CCCCC1C#CCC1CC1. The van der Waals surface area contributed by atoms with E-state index in [1.807, 2.05) is 0 Å². The molecule has 0 radical (unpaired) electrons. The molecule has 2 saturated carbocycles. The lowest BCUT2D eigenvalue weighted by atomic mass is 9.85. The van der Waals surface area contributed by atoms with Gasteiger partial charge in [-0.3, -0.25) is 0 Å². The van der Waals surface area contributed by atoms with Gasteiger partial charge in [0.2, 0.25) is 0 Å². The lowest BCUT2D eigenvalue weighted by Gasteiger charge is -2.23. The van der Waals surface area contributed by atoms with E-state index in [4.69, 9.17) is 5.73 Å². The Morgan fingerprint density at radius 3 is 2.54 bits per heavy atom. The summed E-state index contributed by atoms with van der Waals surface area (Å²) in [6.07, 6.45) is 9.00. The zero-order chi connectivity index (χ0) is 9.10. The molecule has 2 atom stereocenters. The van der Waals surface area contributed by atoms with E-state index in [1.165, 1.54) is 38.5 Å². The highest BCUT2D eigenvalue weighted by Gasteiger charge is 2.21. The van der Waals surface area contributed by atoms with Crippen molar-refractivity contribution < 1.29 is 0 Å². The molecule has 0 heterocycles. The summed E-state index contributed by atoms with van der Waals surface area (Å²) in [6.45, 7) is 0. The highest BCUT2D eigenvalue weighted by atomic mass is 14.6. The molecule has 0 aromatic heterocycles. The fourth-order valence-electron chi connectivity index (χ4n) is 2.00. The lowest BCUT2D eigenvalue weighted by Crippen LogP contribution is -2.31. The first-order valence-electron chi connectivity index (χ1n) is 5.60. The fourth-order valence-corrected chi connectivity index (χ4v) is 2.00. The van der Waals surface area contributed by atoms with Crippen LogP contribution in [0, 0.1) is 23.7 Å². The average Bonchev–Trinajstić information content (AvgIpc) is 2.92. The van der Waals surface area contributed by atoms with E-state index in [0.29, 0.717) is 12.0 Å². The van der Waals surface area contributed by atoms with Crippen LogP contribution in [0.3, 0.4) is 0 Å². The van der Waals surface area contributed by atoms with Crippen LogP contribution in [0.4, 0.5) is 0 Å². The summed E-state index contributed by atoms with van der Waals surface area (Å²) in [5.74, 6) is 8.13. The number of hydrogen-bond donors (Lipinski definition) is 1. The molecular formula is C12H19N. The predicted octanol–water partition coefficient (Wildman–Crippen LogP) is 2.31. The van der Waals surface area contributed by atoms with Crippen LogP contribution < -0.4 is 5.73 Å². The van der Waals surface area contributed by atoms with Gasteiger partial charge in [-0.25, -0.2) is 0 Å². The van der Waals surface area contributed by atoms with Crippen molar-refractivity contribution in [2.45, 2.75) is 51.0 Å². The number of hydrogen-bond acceptors (Lipinski definition) is 1. The van der Waals surface area contributed by atoms with E-state index in [9.17, 15) is 0 Å². The van der Waals surface area contributed by atoms with Gasteiger partial charge in [0.15, 0.2) is 0 Å². The Bertz CT molecular complexity index is 219. The topological polar surface area (TPSA) is 26.0 Å². The Morgan fingerprint density at radius 2 is 1.85 bits per heavy atom. The van der Waals surface area contributed by atoms with Crippen molar-refractivity contribution in [2.75, 3.05) is 0 Å². The summed E-state index contributed by atoms with van der Waals surface area (Å²) >= 11 is 0. The highest BCUT2D eigenvalue weighted by Crippen LogP contribution is 2.32. The van der Waals surface area contributed by atoms with Crippen LogP contribution in [-0.2, 0) is 0 Å². The molecule has 1 nitrogen and oxygen atoms in total. The summed E-state index contributed by atoms with van der Waals surface area (Å²) in [7, 11) is 0. The molecule has 0 aliphatic heterocycles. The maximum absolute atomic E-state index is 6.01. The molecule has 2 aliphatic rings. The fraction of sp³-hybridized carbons (Fsp3) is 0.833. The standard InChI is InChI=1S/C12H19N/c13-12-7-2-1-5-11(12)6-3-4-10-8-9-10/h10-12H,1-2,4-5,7-9,13H2. The Labute approximate surface area is 81.1 Å². The normalized spacial score (nSPS) is 33.6. The lowest BCUT2D eigenvalue weighted by molar-refractivity contribution is 0.371. The molecule has 72 valence electrons. The monoisotopic (exact) mass is 177 g/mol. The van der Waals surface area contributed by atoms with Gasteiger partial charge < -0.3 is 5.73 Å². The minimum absolute atomic E-state index is 0.362. The molecule has 0 aromatic rings. The molecule has 0 spiro atoms. The summed E-state index contributed by atoms with van der Waals surface area (Å²) in [5, 5.41) is 0. The van der Waals surface area contributed by atoms with Crippen molar-refractivity contribution >= 4 is 0 Å². The number of nitrogens with two attached hydrogens (primary N) is 1. The Kier molecular flexibility index (Phi) is 2.90. The molecule has 2 unspecified atom stereocenters. The second-order valence-corrected chi connectivity index (χ2v) is 4.52. The van der Waals surface area contributed by atoms with Crippen molar-refractivity contribution in [1.29, 1.82) is 0 Å². The summed E-state index contributed by atoms with van der Waals surface area (Å²) in [5.41, 5.74) is 6.01. The smallest absolute Gasteiger partial charge is 0.0354 e. The van der Waals surface area contributed by atoms with Crippen LogP contribution in [0.1, 0.15) is 44.9 Å². The van der Waals surface area contributed by atoms with E-state index in [0.717, 1.165) is 12.3 Å². The first-order valence-corrected chi connectivity index (χ1v) is 5.60. The van der Waals surface area contributed by atoms with Gasteiger partial charge in [-0.1, -0.05) is 18.8 Å². The summed E-state index contributed by atoms with van der Waals surface area (Å²) < 4.78 is 0. The van der Waals surface area contributed by atoms with Crippen LogP contribution in [-0.4, -0.2) is 6.04 Å². The van der Waals surface area contributed by atoms with Gasteiger partial charge in [0, 0.05) is 18.4 Å². The van der Waals surface area contributed by atoms with E-state index < -0.39 is 0 Å². The molecule has 0 bridgehead atoms. The van der Waals surface area contributed by atoms with Gasteiger partial charge in [-0.2, -0.15) is 0 Å². The molecule has 13 heavy (non-hydrogen) atoms. The first-order chi connectivity index (χ1) is 6.36. The van der Waals surface area contributed by atoms with Crippen LogP contribution >= 0.6 is 0 Å². The third kappa shape index (κ3) is 2.74. The van der Waals surface area contributed by atoms with E-state index in [-0.39, 0.29) is 0 Å². The zero-order valence-electron chi connectivity index (χ0n) is 8.26. The second kappa shape index (κ2) is 4.15. The molecule has 0 aromatic carbocycles. The molecular weight excluding hydrogens is 158 g/mol. The van der Waals surface area contributed by atoms with Crippen molar-refractivity contribution in [3.63, 3.8) is 0 Å². The third-order valence-electron chi connectivity index (χ3n) is 3.19. The van der Waals surface area contributed by atoms with E-state index in [1.54, 1.807) is 0 Å². The average molecular weight is 177 g/mol. The zero-order valence-corrected chi connectivity index (χ0v) is 8.26. The maximum Gasteiger partial charge on any atom is 0.0354 e. The van der Waals surface area contributed by atoms with E-state index in [2.05, 4.69) is 11.8 Å². The van der Waals surface area contributed by atoms with Crippen molar-refractivity contribution in [1.82, 2.24) is 0 Å². The van der Waals surface area contributed by atoms with Gasteiger partial charge in [0.1, 0.15) is 0 Å². The Balaban J connectivity index is 1.78. The Hall–Kier alpha value is -0.480. The van der Waals surface area contributed by atoms with Crippen molar-refractivity contribution in [2.24, 2.45) is 17.6 Å². The van der Waals surface area contributed by atoms with Gasteiger partial charge >= 0.3 is 0 Å². The van der Waals surface area contributed by atoms with E-state index >= 15 is 0 Å². The van der Waals surface area contributed by atoms with Crippen LogP contribution in [0.5, 0.6) is 0 Å². The highest BCUT2D eigenvalue weighted by molar-refractivity contribution is 5.09. The van der Waals surface area contributed by atoms with Gasteiger partial charge in [-0.05, 0) is 31.6 Å². The van der Waals surface area contributed by atoms with Gasteiger partial charge in [0.25, 0.3) is 0 Å². The molecule has 0 saturated heterocycles. The number of rotatable bonds is 1. The largest absolute Gasteiger partial charge is 0.327 e. The van der Waals surface area contributed by atoms with Crippen molar-refractivity contribution in [3.8, 4) is 11.8 Å². The van der Waals surface area contributed by atoms with Crippen LogP contribution in [0.25, 0.3) is 0 Å². The Morgan fingerprint density at radius 1 is 1.08 bits per heavy atom. The maximum atomic E-state index is 6.01. The summed E-state index contributed by atoms with van der Waals surface area (Å²) in [6, 6.07) is 0.362. The minimum Gasteiger partial charge on any atom is -0.327 e. The minimum atomic E-state index is 0.362. The van der Waals surface area contributed by atoms with Crippen molar-refractivity contribution in [3.05, 3.63) is 0 Å². The van der Waals surface area contributed by atoms with Gasteiger partial charge in [-0.15, -0.1) is 5.92 Å². The summed E-state index contributed by atoms with van der Waals surface area (Å²) in [4.78, 5) is 0. The van der Waals surface area contributed by atoms with Gasteiger partial charge in [0.05, 0.1) is 0 Å². The molecule has 2 aliphatic carbocycles.